The van der Waals surface area contributed by atoms with E-state index in [4.69, 9.17) is 0 Å². The molecule has 0 aromatic heterocycles. The van der Waals surface area contributed by atoms with Gasteiger partial charge in [0.25, 0.3) is 0 Å². The topological polar surface area (TPSA) is 0 Å². The Morgan fingerprint density at radius 3 is 1.93 bits per heavy atom. The summed E-state index contributed by atoms with van der Waals surface area (Å²) in [6.07, 6.45) is 14.8. The van der Waals surface area contributed by atoms with Crippen LogP contribution in [0.3, 0.4) is 0 Å². The molecule has 1 atom stereocenters. The van der Waals surface area contributed by atoms with E-state index in [0.717, 1.165) is 11.8 Å². The predicted molar refractivity (Wildman–Crippen MR) is 64.5 cm³/mol. The van der Waals surface area contributed by atoms with Gasteiger partial charge >= 0.3 is 0 Å². The van der Waals surface area contributed by atoms with E-state index in [9.17, 15) is 0 Å². The molecule has 1 aliphatic carbocycles. The Bertz CT molecular complexity index is 118. The largest absolute Gasteiger partial charge is 0.0654 e. The zero-order chi connectivity index (χ0) is 10.2. The zero-order valence-electron chi connectivity index (χ0n) is 10.2. The molecule has 0 amide bonds. The van der Waals surface area contributed by atoms with Gasteiger partial charge in [-0.15, -0.1) is 0 Å². The van der Waals surface area contributed by atoms with Crippen molar-refractivity contribution in [2.45, 2.75) is 78.1 Å². The maximum atomic E-state index is 2.48. The van der Waals surface area contributed by atoms with Crippen LogP contribution in [-0.2, 0) is 0 Å². The van der Waals surface area contributed by atoms with Gasteiger partial charge in [0, 0.05) is 0 Å². The Hall–Kier alpha value is 0. The van der Waals surface area contributed by atoms with Crippen LogP contribution in [0.4, 0.5) is 0 Å². The Morgan fingerprint density at radius 1 is 0.929 bits per heavy atom. The van der Waals surface area contributed by atoms with Gasteiger partial charge in [0.15, 0.2) is 0 Å². The molecule has 1 fully saturated rings. The summed E-state index contributed by atoms with van der Waals surface area (Å²) in [6.45, 7) is 4.80. The summed E-state index contributed by atoms with van der Waals surface area (Å²) in [7, 11) is 0. The monoisotopic (exact) mass is 196 g/mol. The average Bonchev–Trinajstić information content (AvgIpc) is 2.30. The van der Waals surface area contributed by atoms with E-state index < -0.39 is 0 Å². The van der Waals surface area contributed by atoms with Crippen molar-refractivity contribution >= 4 is 0 Å². The van der Waals surface area contributed by atoms with E-state index in [1.54, 1.807) is 0 Å². The van der Waals surface area contributed by atoms with Gasteiger partial charge < -0.3 is 0 Å². The van der Waals surface area contributed by atoms with Gasteiger partial charge in [0.2, 0.25) is 0 Å². The number of hydrogen-bond acceptors (Lipinski definition) is 0. The van der Waals surface area contributed by atoms with Crippen LogP contribution in [0.1, 0.15) is 78.1 Å². The molecular weight excluding hydrogens is 168 g/mol. The Balaban J connectivity index is 2.31. The number of hydrogen-bond donors (Lipinski definition) is 0. The maximum absolute atomic E-state index is 2.48. The molecular formula is C14H28. The molecule has 0 nitrogen and oxygen atoms in total. The van der Waals surface area contributed by atoms with Crippen LogP contribution in [0.5, 0.6) is 0 Å². The van der Waals surface area contributed by atoms with Crippen LogP contribution >= 0.6 is 0 Å². The second kappa shape index (κ2) is 7.31. The summed E-state index contributed by atoms with van der Waals surface area (Å²) in [5.41, 5.74) is 0. The fraction of sp³-hybridized carbons (Fsp3) is 1.00. The quantitative estimate of drug-likeness (QED) is 0.584. The molecule has 1 unspecified atom stereocenters. The van der Waals surface area contributed by atoms with Crippen LogP contribution < -0.4 is 0 Å². The van der Waals surface area contributed by atoms with Crippen molar-refractivity contribution in [2.24, 2.45) is 11.8 Å². The summed E-state index contributed by atoms with van der Waals surface area (Å²) < 4.78 is 0. The van der Waals surface area contributed by atoms with Crippen LogP contribution in [0, 0.1) is 11.8 Å². The summed E-state index contributed by atoms with van der Waals surface area (Å²) >= 11 is 0. The van der Waals surface area contributed by atoms with E-state index >= 15 is 0 Å². The van der Waals surface area contributed by atoms with E-state index in [1.807, 2.05) is 0 Å². The maximum Gasteiger partial charge on any atom is -0.0388 e. The molecule has 0 saturated heterocycles. The molecule has 1 saturated carbocycles. The standard InChI is InChI=1S/C14H28/c1-3-10-13(2)14-11-8-6-4-5-7-9-12-14/h13-14H,3-12H2,1-2H3. The minimum atomic E-state index is 0.984. The first-order valence-electron chi connectivity index (χ1n) is 6.84. The van der Waals surface area contributed by atoms with Crippen molar-refractivity contribution in [2.75, 3.05) is 0 Å². The lowest BCUT2D eigenvalue weighted by Gasteiger charge is -2.23. The van der Waals surface area contributed by atoms with Crippen molar-refractivity contribution in [3.63, 3.8) is 0 Å². The highest BCUT2D eigenvalue weighted by molar-refractivity contribution is 4.68. The highest BCUT2D eigenvalue weighted by Crippen LogP contribution is 2.29. The summed E-state index contributed by atoms with van der Waals surface area (Å²) in [6, 6.07) is 0. The summed E-state index contributed by atoms with van der Waals surface area (Å²) in [4.78, 5) is 0. The average molecular weight is 196 g/mol. The van der Waals surface area contributed by atoms with E-state index in [-0.39, 0.29) is 0 Å². The third-order valence-corrected chi connectivity index (χ3v) is 3.95. The lowest BCUT2D eigenvalue weighted by Crippen LogP contribution is -2.11. The van der Waals surface area contributed by atoms with Gasteiger partial charge in [0.1, 0.15) is 0 Å². The van der Waals surface area contributed by atoms with Gasteiger partial charge in [-0.05, 0) is 11.8 Å². The first-order valence-corrected chi connectivity index (χ1v) is 6.84. The minimum absolute atomic E-state index is 0.984. The van der Waals surface area contributed by atoms with Crippen molar-refractivity contribution in [1.82, 2.24) is 0 Å². The molecule has 0 N–H and O–H groups in total. The van der Waals surface area contributed by atoms with Crippen LogP contribution in [-0.4, -0.2) is 0 Å². The molecule has 0 aromatic rings. The zero-order valence-corrected chi connectivity index (χ0v) is 10.2. The lowest BCUT2D eigenvalue weighted by molar-refractivity contribution is 0.287. The van der Waals surface area contributed by atoms with Gasteiger partial charge in [-0.25, -0.2) is 0 Å². The SMILES string of the molecule is CCCC(C)C1CCCCCCCC1. The van der Waals surface area contributed by atoms with Crippen LogP contribution in [0.15, 0.2) is 0 Å². The van der Waals surface area contributed by atoms with E-state index in [0.29, 0.717) is 0 Å². The third-order valence-electron chi connectivity index (χ3n) is 3.95. The molecule has 14 heavy (non-hydrogen) atoms. The fourth-order valence-corrected chi connectivity index (χ4v) is 2.92. The lowest BCUT2D eigenvalue weighted by atomic mass is 9.83. The van der Waals surface area contributed by atoms with Gasteiger partial charge in [-0.3, -0.25) is 0 Å². The van der Waals surface area contributed by atoms with Crippen molar-refractivity contribution in [3.05, 3.63) is 0 Å². The molecule has 0 bridgehead atoms. The molecule has 1 rings (SSSR count). The molecule has 84 valence electrons. The van der Waals surface area contributed by atoms with E-state index in [2.05, 4.69) is 13.8 Å². The fourth-order valence-electron chi connectivity index (χ4n) is 2.92. The van der Waals surface area contributed by atoms with Gasteiger partial charge in [0.05, 0.1) is 0 Å². The van der Waals surface area contributed by atoms with Crippen molar-refractivity contribution < 1.29 is 0 Å². The van der Waals surface area contributed by atoms with Crippen LogP contribution in [0.2, 0.25) is 0 Å². The number of rotatable bonds is 3. The summed E-state index contributed by atoms with van der Waals surface area (Å²) in [5.74, 6) is 2.03. The Kier molecular flexibility index (Phi) is 6.31. The van der Waals surface area contributed by atoms with Crippen molar-refractivity contribution in [1.29, 1.82) is 0 Å². The molecule has 0 radical (unpaired) electrons. The Labute approximate surface area is 90.5 Å². The first-order chi connectivity index (χ1) is 6.84. The van der Waals surface area contributed by atoms with Gasteiger partial charge in [-0.1, -0.05) is 78.1 Å². The molecule has 0 heteroatoms. The third kappa shape index (κ3) is 4.48. The molecule has 0 aliphatic heterocycles. The van der Waals surface area contributed by atoms with Crippen LogP contribution in [0.25, 0.3) is 0 Å². The predicted octanol–water partition coefficient (Wildman–Crippen LogP) is 5.17. The molecule has 0 aromatic carbocycles. The second-order valence-electron chi connectivity index (χ2n) is 5.22. The second-order valence-corrected chi connectivity index (χ2v) is 5.22. The van der Waals surface area contributed by atoms with E-state index in [1.165, 1.54) is 64.2 Å². The normalized spacial score (nSPS) is 23.6. The highest BCUT2D eigenvalue weighted by atomic mass is 14.2. The summed E-state index contributed by atoms with van der Waals surface area (Å²) in [5, 5.41) is 0. The van der Waals surface area contributed by atoms with Gasteiger partial charge in [-0.2, -0.15) is 0 Å². The molecule has 0 heterocycles. The smallest absolute Gasteiger partial charge is 0.0388 e. The highest BCUT2D eigenvalue weighted by Gasteiger charge is 2.16. The first kappa shape index (κ1) is 12.1. The Morgan fingerprint density at radius 2 is 1.43 bits per heavy atom. The van der Waals surface area contributed by atoms with Crippen molar-refractivity contribution in [3.8, 4) is 0 Å². The minimum Gasteiger partial charge on any atom is -0.0654 e. The molecule has 1 aliphatic rings. The molecule has 0 spiro atoms.